The molecule has 0 spiro atoms. The second kappa shape index (κ2) is 159. The van der Waals surface area contributed by atoms with Crippen LogP contribution in [0.15, 0.2) is 0 Å². The molecule has 0 fully saturated rings. The summed E-state index contributed by atoms with van der Waals surface area (Å²) in [6, 6.07) is 0. The van der Waals surface area contributed by atoms with Crippen molar-refractivity contribution in [3.8, 4) is 0 Å². The van der Waals surface area contributed by atoms with E-state index in [4.69, 9.17) is 0 Å². The van der Waals surface area contributed by atoms with Crippen molar-refractivity contribution in [1.29, 1.82) is 0 Å². The zero-order valence-electron chi connectivity index (χ0n) is 4.79. The van der Waals surface area contributed by atoms with Crippen LogP contribution in [0.2, 0.25) is 0 Å². The first-order valence-electron chi connectivity index (χ1n) is 0. The molecule has 0 aliphatic carbocycles. The molecular weight excluding hydrogens is 583 g/mol. The standard InChI is InChI=1S/6H2O.4Sb/h6*1H2;;;;. The number of rotatable bonds is 0. The van der Waals surface area contributed by atoms with Crippen LogP contribution in [0.5, 0.6) is 0 Å². The van der Waals surface area contributed by atoms with Gasteiger partial charge in [-0.15, -0.1) is 0 Å². The Balaban J connectivity index is 0. The fourth-order valence-corrected chi connectivity index (χ4v) is 0. The molecule has 0 aromatic heterocycles. The molecule has 6 nitrogen and oxygen atoms in total. The van der Waals surface area contributed by atoms with Gasteiger partial charge in [0.05, 0.1) is 0 Å². The summed E-state index contributed by atoms with van der Waals surface area (Å²) in [6.45, 7) is 0. The molecule has 12 radical (unpaired) electrons. The van der Waals surface area contributed by atoms with Crippen molar-refractivity contribution in [1.82, 2.24) is 0 Å². The van der Waals surface area contributed by atoms with Crippen molar-refractivity contribution in [2.24, 2.45) is 0 Å². The second-order valence-corrected chi connectivity index (χ2v) is 0. The molecule has 0 rings (SSSR count). The molecule has 10 heteroatoms. The molecule has 10 heavy (non-hydrogen) atoms. The molecule has 0 aromatic rings. The molecule has 12 N–H and O–H groups in total. The van der Waals surface area contributed by atoms with Gasteiger partial charge in [-0.2, -0.15) is 0 Å². The topological polar surface area (TPSA) is 189 Å². The van der Waals surface area contributed by atoms with E-state index in [1.54, 1.807) is 0 Å². The fraction of sp³-hybridized carbons (Fsp3) is 0. The summed E-state index contributed by atoms with van der Waals surface area (Å²) in [5.41, 5.74) is 0. The van der Waals surface area contributed by atoms with Gasteiger partial charge in [-0.1, -0.05) is 0 Å². The summed E-state index contributed by atoms with van der Waals surface area (Å²) in [7, 11) is 0. The maximum atomic E-state index is 0. The Morgan fingerprint density at radius 1 is 0.200 bits per heavy atom. The Kier molecular flexibility index (Phi) is 3270. The minimum Gasteiger partial charge on any atom is -0.412 e. The van der Waals surface area contributed by atoms with E-state index in [0.29, 0.717) is 0 Å². The van der Waals surface area contributed by atoms with Gasteiger partial charge in [-0.25, -0.2) is 0 Å². The molecule has 0 amide bonds. The van der Waals surface area contributed by atoms with E-state index in [1.165, 1.54) is 0 Å². The third-order valence-electron chi connectivity index (χ3n) is 0. The van der Waals surface area contributed by atoms with Crippen LogP contribution in [0, 0.1) is 0 Å². The smallest absolute Gasteiger partial charge is 0 e. The first-order chi connectivity index (χ1) is 0. The Morgan fingerprint density at radius 2 is 0.200 bits per heavy atom. The Hall–Kier alpha value is 3.03. The van der Waals surface area contributed by atoms with Gasteiger partial charge >= 0.3 is 0 Å². The number of hydrogen-bond acceptors (Lipinski definition) is 0. The fourth-order valence-electron chi connectivity index (χ4n) is 0. The largest absolute Gasteiger partial charge is 0.412 e. The monoisotopic (exact) mass is 592 g/mol. The van der Waals surface area contributed by atoms with Gasteiger partial charge < -0.3 is 32.9 Å². The maximum Gasteiger partial charge on any atom is 0 e. The summed E-state index contributed by atoms with van der Waals surface area (Å²) in [4.78, 5) is 0. The Morgan fingerprint density at radius 3 is 0.200 bits per heavy atom. The molecule has 68 valence electrons. The zero-order chi connectivity index (χ0) is 0. The van der Waals surface area contributed by atoms with Crippen LogP contribution in [0.4, 0.5) is 0 Å². The number of hydrogen-bond donors (Lipinski definition) is 0. The maximum absolute atomic E-state index is 0. The van der Waals surface area contributed by atoms with Crippen molar-refractivity contribution in [2.45, 2.75) is 0 Å². The van der Waals surface area contributed by atoms with E-state index < -0.39 is 0 Å². The van der Waals surface area contributed by atoms with Gasteiger partial charge in [-0.05, 0) is 0 Å². The van der Waals surface area contributed by atoms with Crippen LogP contribution in [-0.2, 0) is 0 Å². The van der Waals surface area contributed by atoms with Crippen molar-refractivity contribution >= 4 is 97.7 Å². The molecule has 0 atom stereocenters. The third kappa shape index (κ3) is 121. The minimum absolute atomic E-state index is 0. The van der Waals surface area contributed by atoms with E-state index >= 15 is 0 Å². The van der Waals surface area contributed by atoms with Gasteiger partial charge in [-0.3, -0.25) is 0 Å². The van der Waals surface area contributed by atoms with Crippen LogP contribution in [0.3, 0.4) is 0 Å². The normalized spacial score (nSPS) is 0. The second-order valence-electron chi connectivity index (χ2n) is 0. The Bertz CT molecular complexity index is 9.71. The van der Waals surface area contributed by atoms with Gasteiger partial charge in [0.1, 0.15) is 0 Å². The van der Waals surface area contributed by atoms with Crippen molar-refractivity contribution < 1.29 is 32.9 Å². The van der Waals surface area contributed by atoms with Gasteiger partial charge in [0.25, 0.3) is 0 Å². The molecule has 0 aliphatic rings. The summed E-state index contributed by atoms with van der Waals surface area (Å²) in [5, 5.41) is 0. The molecule has 0 heterocycles. The average molecular weight is 595 g/mol. The summed E-state index contributed by atoms with van der Waals surface area (Å²) in [5.74, 6) is 0. The van der Waals surface area contributed by atoms with Crippen molar-refractivity contribution in [2.75, 3.05) is 0 Å². The van der Waals surface area contributed by atoms with Crippen LogP contribution in [-0.4, -0.2) is 131 Å². The van der Waals surface area contributed by atoms with Gasteiger partial charge in [0, 0.05) is 97.7 Å². The summed E-state index contributed by atoms with van der Waals surface area (Å²) in [6.07, 6.45) is 0. The average Bonchev–Trinajstić information content (AvgIpc) is 0. The first-order valence-corrected chi connectivity index (χ1v) is 0. The SMILES string of the molecule is O.O.O.O.O.O.[Sb].[Sb].[Sb].[Sb]. The van der Waals surface area contributed by atoms with E-state index in [9.17, 15) is 0 Å². The summed E-state index contributed by atoms with van der Waals surface area (Å²) >= 11 is 0. The van der Waals surface area contributed by atoms with Crippen LogP contribution in [0.1, 0.15) is 0 Å². The van der Waals surface area contributed by atoms with Crippen molar-refractivity contribution in [3.63, 3.8) is 0 Å². The van der Waals surface area contributed by atoms with E-state index in [2.05, 4.69) is 0 Å². The molecule has 0 saturated heterocycles. The first kappa shape index (κ1) is 205. The summed E-state index contributed by atoms with van der Waals surface area (Å²) < 4.78 is 0. The minimum atomic E-state index is 0. The molecule has 0 unspecified atom stereocenters. The molecule has 0 bridgehead atoms. The van der Waals surface area contributed by atoms with E-state index in [0.717, 1.165) is 0 Å². The van der Waals surface area contributed by atoms with Crippen molar-refractivity contribution in [3.05, 3.63) is 0 Å². The van der Waals surface area contributed by atoms with Crippen LogP contribution < -0.4 is 0 Å². The van der Waals surface area contributed by atoms with Gasteiger partial charge in [0.2, 0.25) is 0 Å². The van der Waals surface area contributed by atoms with E-state index in [-0.39, 0.29) is 131 Å². The molecule has 0 aliphatic heterocycles. The molecule has 0 saturated carbocycles. The third-order valence-corrected chi connectivity index (χ3v) is 0. The van der Waals surface area contributed by atoms with E-state index in [1.807, 2.05) is 0 Å². The molecule has 0 aromatic carbocycles. The zero-order valence-corrected chi connectivity index (χ0v) is 15.0. The Labute approximate surface area is 129 Å². The van der Waals surface area contributed by atoms with Gasteiger partial charge in [0.15, 0.2) is 0 Å². The van der Waals surface area contributed by atoms with Crippen LogP contribution >= 0.6 is 0 Å². The predicted octanol–water partition coefficient (Wildman–Crippen LogP) is -6.47. The predicted molar refractivity (Wildman–Crippen MR) is 44.7 cm³/mol. The molecular formula is H12O6Sb4. The quantitative estimate of drug-likeness (QED) is 0.241. The van der Waals surface area contributed by atoms with Crippen LogP contribution in [0.25, 0.3) is 0 Å².